The van der Waals surface area contributed by atoms with Crippen LogP contribution in [0, 0.1) is 0 Å². The highest BCUT2D eigenvalue weighted by molar-refractivity contribution is 5.99. The van der Waals surface area contributed by atoms with Crippen LogP contribution in [-0.2, 0) is 16.7 Å². The van der Waals surface area contributed by atoms with E-state index in [1.54, 1.807) is 6.07 Å². The molecule has 2 heterocycles. The van der Waals surface area contributed by atoms with Crippen molar-refractivity contribution < 1.29 is 29.4 Å². The Labute approximate surface area is 192 Å². The summed E-state index contributed by atoms with van der Waals surface area (Å²) in [7, 11) is 0. The number of carboxylic acid groups (broad SMARTS) is 1. The largest absolute Gasteiger partial charge is 0.508 e. The van der Waals surface area contributed by atoms with Crippen LogP contribution in [0.3, 0.4) is 0 Å². The molecular weight excluding hydrogens is 424 g/mol. The van der Waals surface area contributed by atoms with Crippen molar-refractivity contribution in [1.29, 1.82) is 0 Å². The van der Waals surface area contributed by atoms with Gasteiger partial charge in [0.15, 0.2) is 11.5 Å². The number of hydrogen-bond acceptors (Lipinski definition) is 7. The lowest BCUT2D eigenvalue weighted by molar-refractivity contribution is 0.0342. The Morgan fingerprint density at radius 3 is 2.33 bits per heavy atom. The Balaban J connectivity index is 1.76. The molecular formula is C25H28N2O6. The van der Waals surface area contributed by atoms with Gasteiger partial charge in [-0.1, -0.05) is 50.2 Å². The molecule has 0 aliphatic carbocycles. The van der Waals surface area contributed by atoms with Gasteiger partial charge in [0.2, 0.25) is 0 Å². The van der Waals surface area contributed by atoms with Gasteiger partial charge in [0.1, 0.15) is 11.5 Å². The van der Waals surface area contributed by atoms with E-state index in [2.05, 4.69) is 10.1 Å². The number of phenols is 2. The molecule has 174 valence electrons. The van der Waals surface area contributed by atoms with Crippen molar-refractivity contribution in [2.24, 2.45) is 0 Å². The Hall–Kier alpha value is -3.36. The number of rotatable bonds is 5. The summed E-state index contributed by atoms with van der Waals surface area (Å²) in [5.74, 6) is -1.36. The number of phenolic OH excluding ortho intramolecular Hbond substituents is 2. The Bertz CT molecular complexity index is 1150. The van der Waals surface area contributed by atoms with Crippen LogP contribution < -0.4 is 0 Å². The van der Waals surface area contributed by atoms with E-state index in [1.165, 1.54) is 6.07 Å². The number of nitrogens with zero attached hydrogens (tertiary/aromatic N) is 2. The number of carbonyl (C=O) groups is 1. The molecule has 0 unspecified atom stereocenters. The maximum absolute atomic E-state index is 11.9. The van der Waals surface area contributed by atoms with Crippen LogP contribution in [0.5, 0.6) is 11.5 Å². The molecule has 0 atom stereocenters. The summed E-state index contributed by atoms with van der Waals surface area (Å²) >= 11 is 0. The van der Waals surface area contributed by atoms with Gasteiger partial charge in [-0.2, -0.15) is 0 Å². The summed E-state index contributed by atoms with van der Waals surface area (Å²) in [6, 6.07) is 10.4. The molecule has 0 amide bonds. The predicted molar refractivity (Wildman–Crippen MR) is 122 cm³/mol. The fraction of sp³-hybridized carbons (Fsp3) is 0.360. The third-order valence-corrected chi connectivity index (χ3v) is 5.81. The molecule has 3 aromatic rings. The van der Waals surface area contributed by atoms with Gasteiger partial charge in [-0.25, -0.2) is 4.79 Å². The molecule has 0 bridgehead atoms. The first-order valence-electron chi connectivity index (χ1n) is 10.8. The second kappa shape index (κ2) is 8.88. The molecule has 33 heavy (non-hydrogen) atoms. The Kier molecular flexibility index (Phi) is 6.14. The third-order valence-electron chi connectivity index (χ3n) is 5.81. The minimum absolute atomic E-state index is 0.0456. The maximum atomic E-state index is 11.9. The quantitative estimate of drug-likeness (QED) is 0.526. The van der Waals surface area contributed by atoms with Crippen LogP contribution in [0.2, 0.25) is 0 Å². The van der Waals surface area contributed by atoms with Crippen LogP contribution in [-0.4, -0.2) is 57.6 Å². The minimum atomic E-state index is -1.23. The van der Waals surface area contributed by atoms with Gasteiger partial charge in [-0.15, -0.1) is 0 Å². The molecule has 0 spiro atoms. The monoisotopic (exact) mass is 452 g/mol. The second-order valence-corrected chi connectivity index (χ2v) is 9.26. The number of aromatic hydroxyl groups is 2. The van der Waals surface area contributed by atoms with Gasteiger partial charge in [0.25, 0.3) is 0 Å². The SMILES string of the molecule is CC(C)(C)c1cc(-c2onc(C(=O)O)c2-c2ccc(CN3CCOCC3)cc2)c(O)cc1O. The second-order valence-electron chi connectivity index (χ2n) is 9.26. The average Bonchev–Trinajstić information content (AvgIpc) is 3.19. The molecule has 1 saturated heterocycles. The molecule has 1 fully saturated rings. The van der Waals surface area contributed by atoms with E-state index in [9.17, 15) is 20.1 Å². The van der Waals surface area contributed by atoms with Crippen LogP contribution in [0.15, 0.2) is 40.9 Å². The molecule has 8 nitrogen and oxygen atoms in total. The molecule has 0 saturated carbocycles. The summed E-state index contributed by atoms with van der Waals surface area (Å²) in [4.78, 5) is 14.2. The number of benzene rings is 2. The summed E-state index contributed by atoms with van der Waals surface area (Å²) in [5, 5.41) is 34.4. The van der Waals surface area contributed by atoms with Crippen molar-refractivity contribution in [2.75, 3.05) is 26.3 Å². The third kappa shape index (κ3) is 4.72. The number of aromatic carboxylic acids is 1. The highest BCUT2D eigenvalue weighted by Crippen LogP contribution is 2.44. The Morgan fingerprint density at radius 1 is 1.06 bits per heavy atom. The van der Waals surface area contributed by atoms with Crippen LogP contribution >= 0.6 is 0 Å². The van der Waals surface area contributed by atoms with Crippen molar-refractivity contribution in [3.63, 3.8) is 0 Å². The molecule has 4 rings (SSSR count). The first-order chi connectivity index (χ1) is 15.6. The smallest absolute Gasteiger partial charge is 0.358 e. The van der Waals surface area contributed by atoms with E-state index >= 15 is 0 Å². The van der Waals surface area contributed by atoms with E-state index in [-0.39, 0.29) is 34.1 Å². The van der Waals surface area contributed by atoms with Crippen LogP contribution in [0.1, 0.15) is 42.4 Å². The van der Waals surface area contributed by atoms with Crippen LogP contribution in [0.25, 0.3) is 22.5 Å². The molecule has 8 heteroatoms. The maximum Gasteiger partial charge on any atom is 0.358 e. The van der Waals surface area contributed by atoms with Gasteiger partial charge in [0.05, 0.1) is 24.3 Å². The summed E-state index contributed by atoms with van der Waals surface area (Å²) in [6.45, 7) is 9.75. The average molecular weight is 453 g/mol. The minimum Gasteiger partial charge on any atom is -0.508 e. The summed E-state index contributed by atoms with van der Waals surface area (Å²) in [5.41, 5.74) is 2.19. The first-order valence-corrected chi connectivity index (χ1v) is 10.8. The van der Waals surface area contributed by atoms with E-state index in [4.69, 9.17) is 9.26 Å². The van der Waals surface area contributed by atoms with Gasteiger partial charge in [-0.3, -0.25) is 4.90 Å². The van der Waals surface area contributed by atoms with E-state index in [1.807, 2.05) is 45.0 Å². The fourth-order valence-corrected chi connectivity index (χ4v) is 4.04. The highest BCUT2D eigenvalue weighted by Gasteiger charge is 2.28. The number of hydrogen-bond donors (Lipinski definition) is 3. The van der Waals surface area contributed by atoms with E-state index in [0.29, 0.717) is 11.1 Å². The normalized spacial score (nSPS) is 15.0. The van der Waals surface area contributed by atoms with Crippen molar-refractivity contribution in [3.8, 4) is 33.9 Å². The van der Waals surface area contributed by atoms with Crippen LogP contribution in [0.4, 0.5) is 0 Å². The topological polar surface area (TPSA) is 116 Å². The zero-order chi connectivity index (χ0) is 23.8. The Morgan fingerprint density at radius 2 is 1.73 bits per heavy atom. The number of aromatic nitrogens is 1. The number of ether oxygens (including phenoxy) is 1. The van der Waals surface area contributed by atoms with Gasteiger partial charge in [-0.05, 0) is 22.6 Å². The number of morpholine rings is 1. The molecule has 1 aliphatic rings. The lowest BCUT2D eigenvalue weighted by atomic mass is 9.84. The lowest BCUT2D eigenvalue weighted by Gasteiger charge is -2.26. The molecule has 1 aromatic heterocycles. The predicted octanol–water partition coefficient (Wildman–Crippen LogP) is 4.25. The van der Waals surface area contributed by atoms with Crippen molar-refractivity contribution in [3.05, 3.63) is 53.2 Å². The van der Waals surface area contributed by atoms with Crippen molar-refractivity contribution in [1.82, 2.24) is 10.1 Å². The van der Waals surface area contributed by atoms with Crippen molar-refractivity contribution >= 4 is 5.97 Å². The zero-order valence-corrected chi connectivity index (χ0v) is 19.0. The lowest BCUT2D eigenvalue weighted by Crippen LogP contribution is -2.35. The zero-order valence-electron chi connectivity index (χ0n) is 19.0. The van der Waals surface area contributed by atoms with Gasteiger partial charge in [0, 0.05) is 31.3 Å². The number of carboxylic acids is 1. The summed E-state index contributed by atoms with van der Waals surface area (Å²) in [6.07, 6.45) is 0. The molecule has 0 radical (unpaired) electrons. The van der Waals surface area contributed by atoms with Gasteiger partial charge >= 0.3 is 5.97 Å². The standard InChI is InChI=1S/C25H28N2O6/c1-25(2,3)18-12-17(19(28)13-20(18)29)23-21(22(24(30)31)26-33-23)16-6-4-15(5-7-16)14-27-8-10-32-11-9-27/h4-7,12-13,28-29H,8-11,14H2,1-3H3,(H,30,31). The molecule has 2 aromatic carbocycles. The fourth-order valence-electron chi connectivity index (χ4n) is 4.04. The first kappa shape index (κ1) is 22.8. The summed E-state index contributed by atoms with van der Waals surface area (Å²) < 4.78 is 10.8. The van der Waals surface area contributed by atoms with Gasteiger partial charge < -0.3 is 24.6 Å². The van der Waals surface area contributed by atoms with Crippen molar-refractivity contribution in [2.45, 2.75) is 32.7 Å². The van der Waals surface area contributed by atoms with E-state index in [0.717, 1.165) is 38.4 Å². The highest BCUT2D eigenvalue weighted by atomic mass is 16.5. The molecule has 3 N–H and O–H groups in total. The molecule has 1 aliphatic heterocycles. The van der Waals surface area contributed by atoms with E-state index < -0.39 is 11.4 Å².